The summed E-state index contributed by atoms with van der Waals surface area (Å²) in [6.45, 7) is 3.32. The average Bonchev–Trinajstić information content (AvgIpc) is 2.91. The normalized spacial score (nSPS) is 25.6. The number of aliphatic hydroxyl groups is 1. The second-order valence-corrected chi connectivity index (χ2v) is 5.93. The van der Waals surface area contributed by atoms with Crippen molar-refractivity contribution in [3.8, 4) is 0 Å². The molecule has 5 nitrogen and oxygen atoms in total. The van der Waals surface area contributed by atoms with Crippen molar-refractivity contribution in [3.63, 3.8) is 0 Å². The standard InChI is InChI=1S/C15H26O5/c1-3-4-5-12(13(16)18-2)14(17)6-8-15(9-7-14)19-10-11-20-15/h12,17H,3-11H2,1-2H3. The molecule has 20 heavy (non-hydrogen) atoms. The molecule has 1 aliphatic heterocycles. The van der Waals surface area contributed by atoms with Crippen LogP contribution < -0.4 is 0 Å². The van der Waals surface area contributed by atoms with E-state index in [1.54, 1.807) is 0 Å². The Hall–Kier alpha value is -0.650. The van der Waals surface area contributed by atoms with Crippen LogP contribution in [-0.2, 0) is 19.0 Å². The minimum absolute atomic E-state index is 0.301. The molecule has 0 radical (unpaired) electrons. The molecule has 0 amide bonds. The van der Waals surface area contributed by atoms with Crippen molar-refractivity contribution in [1.29, 1.82) is 0 Å². The maximum atomic E-state index is 12.0. The third-order valence-corrected chi connectivity index (χ3v) is 4.67. The van der Waals surface area contributed by atoms with Crippen LogP contribution in [0.15, 0.2) is 0 Å². The first-order valence-electron chi connectivity index (χ1n) is 7.63. The SMILES string of the molecule is CCCCC(C(=O)OC)C1(O)CCC2(CC1)OCCO2. The van der Waals surface area contributed by atoms with Gasteiger partial charge in [0.05, 0.1) is 31.8 Å². The number of hydrogen-bond donors (Lipinski definition) is 1. The summed E-state index contributed by atoms with van der Waals surface area (Å²) in [4.78, 5) is 12.0. The highest BCUT2D eigenvalue weighted by Gasteiger charge is 2.50. The van der Waals surface area contributed by atoms with Gasteiger partial charge in [-0.15, -0.1) is 0 Å². The molecule has 2 rings (SSSR count). The molecule has 1 heterocycles. The van der Waals surface area contributed by atoms with Crippen molar-refractivity contribution < 1.29 is 24.1 Å². The van der Waals surface area contributed by atoms with Gasteiger partial charge in [0, 0.05) is 12.8 Å². The van der Waals surface area contributed by atoms with Crippen molar-refractivity contribution in [2.24, 2.45) is 5.92 Å². The Morgan fingerprint density at radius 1 is 1.25 bits per heavy atom. The van der Waals surface area contributed by atoms with Gasteiger partial charge in [-0.2, -0.15) is 0 Å². The second kappa shape index (κ2) is 6.41. The number of rotatable bonds is 5. The molecule has 1 unspecified atom stereocenters. The van der Waals surface area contributed by atoms with Crippen LogP contribution in [0.25, 0.3) is 0 Å². The van der Waals surface area contributed by atoms with Crippen LogP contribution in [0.2, 0.25) is 0 Å². The first-order chi connectivity index (χ1) is 9.55. The molecule has 116 valence electrons. The van der Waals surface area contributed by atoms with Gasteiger partial charge in [-0.05, 0) is 19.3 Å². The van der Waals surface area contributed by atoms with E-state index in [1.165, 1.54) is 7.11 Å². The van der Waals surface area contributed by atoms with Crippen molar-refractivity contribution in [3.05, 3.63) is 0 Å². The summed E-state index contributed by atoms with van der Waals surface area (Å²) in [5.41, 5.74) is -0.983. The van der Waals surface area contributed by atoms with Crippen molar-refractivity contribution >= 4 is 5.97 Å². The summed E-state index contributed by atoms with van der Waals surface area (Å²) in [5, 5.41) is 10.9. The number of methoxy groups -OCH3 is 1. The summed E-state index contributed by atoms with van der Waals surface area (Å²) in [5.74, 6) is -1.26. The fraction of sp³-hybridized carbons (Fsp3) is 0.933. The van der Waals surface area contributed by atoms with Gasteiger partial charge in [-0.3, -0.25) is 4.79 Å². The monoisotopic (exact) mass is 286 g/mol. The Morgan fingerprint density at radius 2 is 1.85 bits per heavy atom. The molecular formula is C15H26O5. The van der Waals surface area contributed by atoms with E-state index in [0.717, 1.165) is 12.8 Å². The lowest BCUT2D eigenvalue weighted by Gasteiger charge is -2.43. The van der Waals surface area contributed by atoms with Crippen LogP contribution in [0.1, 0.15) is 51.9 Å². The van der Waals surface area contributed by atoms with Crippen LogP contribution >= 0.6 is 0 Å². The van der Waals surface area contributed by atoms with Crippen molar-refractivity contribution in [2.75, 3.05) is 20.3 Å². The quantitative estimate of drug-likeness (QED) is 0.783. The highest BCUT2D eigenvalue weighted by Crippen LogP contribution is 2.44. The zero-order valence-corrected chi connectivity index (χ0v) is 12.5. The molecule has 1 N–H and O–H groups in total. The molecule has 0 aromatic heterocycles. The Bertz CT molecular complexity index is 325. The zero-order valence-electron chi connectivity index (χ0n) is 12.5. The molecule has 1 aliphatic carbocycles. The molecule has 5 heteroatoms. The molecule has 1 spiro atoms. The van der Waals surface area contributed by atoms with Crippen LogP contribution in [0.4, 0.5) is 0 Å². The summed E-state index contributed by atoms with van der Waals surface area (Å²) < 4.78 is 16.2. The molecule has 0 aromatic carbocycles. The minimum Gasteiger partial charge on any atom is -0.469 e. The van der Waals surface area contributed by atoms with Crippen molar-refractivity contribution in [1.82, 2.24) is 0 Å². The van der Waals surface area contributed by atoms with Gasteiger partial charge < -0.3 is 19.3 Å². The molecular weight excluding hydrogens is 260 g/mol. The van der Waals surface area contributed by atoms with E-state index in [4.69, 9.17) is 14.2 Å². The third kappa shape index (κ3) is 3.15. The number of ether oxygens (including phenoxy) is 3. The van der Waals surface area contributed by atoms with Gasteiger partial charge in [-0.1, -0.05) is 19.8 Å². The smallest absolute Gasteiger partial charge is 0.311 e. The van der Waals surface area contributed by atoms with E-state index in [9.17, 15) is 9.90 Å². The zero-order chi connectivity index (χ0) is 14.6. The average molecular weight is 286 g/mol. The van der Waals surface area contributed by atoms with Gasteiger partial charge in [-0.25, -0.2) is 0 Å². The highest BCUT2D eigenvalue weighted by molar-refractivity contribution is 5.73. The lowest BCUT2D eigenvalue weighted by molar-refractivity contribution is -0.213. The van der Waals surface area contributed by atoms with Gasteiger partial charge in [0.15, 0.2) is 5.79 Å². The van der Waals surface area contributed by atoms with E-state index >= 15 is 0 Å². The molecule has 1 saturated carbocycles. The number of carbonyl (C=O) groups is 1. The fourth-order valence-corrected chi connectivity index (χ4v) is 3.35. The Labute approximate surface area is 120 Å². The van der Waals surface area contributed by atoms with E-state index in [-0.39, 0.29) is 5.97 Å². The molecule has 0 bridgehead atoms. The van der Waals surface area contributed by atoms with Gasteiger partial charge in [0.1, 0.15) is 0 Å². The van der Waals surface area contributed by atoms with E-state index in [0.29, 0.717) is 45.3 Å². The second-order valence-electron chi connectivity index (χ2n) is 5.93. The summed E-state index contributed by atoms with van der Waals surface area (Å²) in [7, 11) is 1.39. The molecule has 1 saturated heterocycles. The first-order valence-corrected chi connectivity index (χ1v) is 7.63. The van der Waals surface area contributed by atoms with Gasteiger partial charge in [0.2, 0.25) is 0 Å². The molecule has 0 aromatic rings. The van der Waals surface area contributed by atoms with Crippen LogP contribution in [-0.4, -0.2) is 42.8 Å². The maximum absolute atomic E-state index is 12.0. The minimum atomic E-state index is -0.983. The van der Waals surface area contributed by atoms with E-state index in [1.807, 2.05) is 0 Å². The topological polar surface area (TPSA) is 65.0 Å². The molecule has 2 aliphatic rings. The third-order valence-electron chi connectivity index (χ3n) is 4.67. The van der Waals surface area contributed by atoms with Crippen LogP contribution in [0, 0.1) is 5.92 Å². The largest absolute Gasteiger partial charge is 0.469 e. The lowest BCUT2D eigenvalue weighted by Crippen LogP contribution is -2.50. The Balaban J connectivity index is 2.02. The Morgan fingerprint density at radius 3 is 2.35 bits per heavy atom. The molecule has 1 atom stereocenters. The first kappa shape index (κ1) is 15.7. The molecule has 2 fully saturated rings. The van der Waals surface area contributed by atoms with Crippen LogP contribution in [0.5, 0.6) is 0 Å². The predicted molar refractivity (Wildman–Crippen MR) is 73.1 cm³/mol. The van der Waals surface area contributed by atoms with Gasteiger partial charge >= 0.3 is 5.97 Å². The summed E-state index contributed by atoms with van der Waals surface area (Å²) in [6, 6.07) is 0. The van der Waals surface area contributed by atoms with Crippen LogP contribution in [0.3, 0.4) is 0 Å². The number of unbranched alkanes of at least 4 members (excludes halogenated alkanes) is 1. The lowest BCUT2D eigenvalue weighted by atomic mass is 9.72. The summed E-state index contributed by atoms with van der Waals surface area (Å²) in [6.07, 6.45) is 4.92. The highest BCUT2D eigenvalue weighted by atomic mass is 16.7. The van der Waals surface area contributed by atoms with E-state index in [2.05, 4.69) is 6.92 Å². The predicted octanol–water partition coefficient (Wildman–Crippen LogP) is 2.01. The van der Waals surface area contributed by atoms with E-state index < -0.39 is 17.3 Å². The Kier molecular flexibility index (Phi) is 5.04. The number of esters is 1. The van der Waals surface area contributed by atoms with Crippen molar-refractivity contribution in [2.45, 2.75) is 63.3 Å². The summed E-state index contributed by atoms with van der Waals surface area (Å²) >= 11 is 0. The van der Waals surface area contributed by atoms with Gasteiger partial charge in [0.25, 0.3) is 0 Å². The fourth-order valence-electron chi connectivity index (χ4n) is 3.35. The maximum Gasteiger partial charge on any atom is 0.311 e. The number of hydrogen-bond acceptors (Lipinski definition) is 5. The number of carbonyl (C=O) groups excluding carboxylic acids is 1.